The van der Waals surface area contributed by atoms with Crippen LogP contribution in [0.25, 0.3) is 0 Å². The Bertz CT molecular complexity index is 985. The average molecular weight is 483 g/mol. The number of methoxy groups -OCH3 is 1. The van der Waals surface area contributed by atoms with Gasteiger partial charge in [-0.1, -0.05) is 0 Å². The van der Waals surface area contributed by atoms with E-state index in [0.717, 1.165) is 81.4 Å². The molecular formula is C26H38N6O3. The molecule has 3 aliphatic rings. The highest BCUT2D eigenvalue weighted by atomic mass is 16.5. The van der Waals surface area contributed by atoms with Gasteiger partial charge in [-0.05, 0) is 70.7 Å². The third kappa shape index (κ3) is 5.46. The van der Waals surface area contributed by atoms with Crippen molar-refractivity contribution < 1.29 is 14.3 Å². The molecule has 1 aromatic heterocycles. The van der Waals surface area contributed by atoms with Gasteiger partial charge < -0.3 is 24.1 Å². The molecule has 0 amide bonds. The number of rotatable bonds is 9. The SMILES string of the molecule is COc1ccc(N2CCN([C@H](C=O)c3n[nH]c(C)n3)C(CN3CCCC3)C2)cc1OC1CCCC1. The number of carbonyl (C=O) groups excluding carboxylic acids is 1. The zero-order chi connectivity index (χ0) is 24.2. The number of hydrogen-bond acceptors (Lipinski definition) is 8. The number of piperazine rings is 1. The molecular weight excluding hydrogens is 444 g/mol. The van der Waals surface area contributed by atoms with Crippen LogP contribution in [0.4, 0.5) is 5.69 Å². The number of benzene rings is 1. The van der Waals surface area contributed by atoms with E-state index in [-0.39, 0.29) is 12.1 Å². The number of H-pyrrole nitrogens is 1. The van der Waals surface area contributed by atoms with Gasteiger partial charge in [-0.3, -0.25) is 10.00 Å². The summed E-state index contributed by atoms with van der Waals surface area (Å²) in [5.74, 6) is 2.91. The second kappa shape index (κ2) is 11.0. The van der Waals surface area contributed by atoms with Crippen molar-refractivity contribution in [2.45, 2.75) is 63.6 Å². The van der Waals surface area contributed by atoms with Gasteiger partial charge in [0.2, 0.25) is 0 Å². The van der Waals surface area contributed by atoms with Crippen molar-refractivity contribution in [3.8, 4) is 11.5 Å². The molecule has 2 aromatic rings. The van der Waals surface area contributed by atoms with Crippen molar-refractivity contribution in [3.05, 3.63) is 29.8 Å². The fourth-order valence-corrected chi connectivity index (χ4v) is 5.82. The number of nitrogens with zero attached hydrogens (tertiary/aromatic N) is 5. The van der Waals surface area contributed by atoms with E-state index in [1.54, 1.807) is 7.11 Å². The molecule has 0 spiro atoms. The minimum absolute atomic E-state index is 0.192. The third-order valence-electron chi connectivity index (χ3n) is 7.67. The summed E-state index contributed by atoms with van der Waals surface area (Å²) >= 11 is 0. The number of aromatic amines is 1. The van der Waals surface area contributed by atoms with E-state index in [4.69, 9.17) is 9.47 Å². The third-order valence-corrected chi connectivity index (χ3v) is 7.67. The molecule has 3 fully saturated rings. The van der Waals surface area contributed by atoms with Gasteiger partial charge in [-0.2, -0.15) is 5.10 Å². The number of carbonyl (C=O) groups is 1. The first-order chi connectivity index (χ1) is 17.1. The predicted molar refractivity (Wildman–Crippen MR) is 134 cm³/mol. The predicted octanol–water partition coefficient (Wildman–Crippen LogP) is 2.97. The van der Waals surface area contributed by atoms with Crippen LogP contribution in [0, 0.1) is 6.92 Å². The molecule has 1 unspecified atom stereocenters. The molecule has 2 aliphatic heterocycles. The Labute approximate surface area is 207 Å². The van der Waals surface area contributed by atoms with Gasteiger partial charge in [0.25, 0.3) is 0 Å². The van der Waals surface area contributed by atoms with Crippen LogP contribution in [0.3, 0.4) is 0 Å². The fourth-order valence-electron chi connectivity index (χ4n) is 5.82. The van der Waals surface area contributed by atoms with Crippen molar-refractivity contribution in [3.63, 3.8) is 0 Å². The minimum Gasteiger partial charge on any atom is -0.493 e. The second-order valence-electron chi connectivity index (χ2n) is 10.1. The quantitative estimate of drug-likeness (QED) is 0.546. The Kier molecular flexibility index (Phi) is 7.53. The largest absolute Gasteiger partial charge is 0.493 e. The van der Waals surface area contributed by atoms with Crippen LogP contribution in [0.1, 0.15) is 56.2 Å². The molecule has 2 atom stereocenters. The number of aryl methyl sites for hydroxylation is 1. The maximum Gasteiger partial charge on any atom is 0.175 e. The summed E-state index contributed by atoms with van der Waals surface area (Å²) in [4.78, 5) is 24.0. The molecule has 9 nitrogen and oxygen atoms in total. The van der Waals surface area contributed by atoms with E-state index in [9.17, 15) is 4.79 Å². The lowest BCUT2D eigenvalue weighted by molar-refractivity contribution is -0.114. The molecule has 5 rings (SSSR count). The number of ether oxygens (including phenoxy) is 2. The summed E-state index contributed by atoms with van der Waals surface area (Å²) in [6.45, 7) is 7.47. The molecule has 1 saturated carbocycles. The van der Waals surface area contributed by atoms with Gasteiger partial charge in [-0.25, -0.2) is 4.98 Å². The Morgan fingerprint density at radius 1 is 1.11 bits per heavy atom. The van der Waals surface area contributed by atoms with E-state index in [1.807, 2.05) is 13.0 Å². The summed E-state index contributed by atoms with van der Waals surface area (Å²) in [5, 5.41) is 7.22. The maximum absolute atomic E-state index is 12.2. The molecule has 9 heteroatoms. The molecule has 0 radical (unpaired) electrons. The van der Waals surface area contributed by atoms with Crippen molar-refractivity contribution >= 4 is 12.0 Å². The zero-order valence-electron chi connectivity index (χ0n) is 21.0. The fraction of sp³-hybridized carbons (Fsp3) is 0.654. The lowest BCUT2D eigenvalue weighted by Crippen LogP contribution is -2.58. The first-order valence-electron chi connectivity index (χ1n) is 13.1. The van der Waals surface area contributed by atoms with Gasteiger partial charge >= 0.3 is 0 Å². The van der Waals surface area contributed by atoms with E-state index in [0.29, 0.717) is 5.82 Å². The first-order valence-corrected chi connectivity index (χ1v) is 13.1. The number of aromatic nitrogens is 3. The second-order valence-corrected chi connectivity index (χ2v) is 10.1. The average Bonchev–Trinajstić information content (AvgIpc) is 3.65. The smallest absolute Gasteiger partial charge is 0.175 e. The summed E-state index contributed by atoms with van der Waals surface area (Å²) < 4.78 is 12.0. The number of anilines is 1. The maximum atomic E-state index is 12.2. The number of hydrogen-bond donors (Lipinski definition) is 1. The molecule has 1 aromatic carbocycles. The molecule has 2 saturated heterocycles. The normalized spacial score (nSPS) is 23.0. The lowest BCUT2D eigenvalue weighted by Gasteiger charge is -2.45. The van der Waals surface area contributed by atoms with Crippen molar-refractivity contribution in [2.24, 2.45) is 0 Å². The Morgan fingerprint density at radius 3 is 2.60 bits per heavy atom. The van der Waals surface area contributed by atoms with Gasteiger partial charge in [0.15, 0.2) is 17.3 Å². The van der Waals surface area contributed by atoms with E-state index in [2.05, 4.69) is 42.0 Å². The van der Waals surface area contributed by atoms with Crippen LogP contribution in [-0.4, -0.2) is 89.8 Å². The highest BCUT2D eigenvalue weighted by Crippen LogP contribution is 2.36. The summed E-state index contributed by atoms with van der Waals surface area (Å²) in [6.07, 6.45) is 8.44. The monoisotopic (exact) mass is 482 g/mol. The summed E-state index contributed by atoms with van der Waals surface area (Å²) in [6, 6.07) is 6.03. The number of aldehydes is 1. The lowest BCUT2D eigenvalue weighted by atomic mass is 10.1. The van der Waals surface area contributed by atoms with Crippen LogP contribution in [0.15, 0.2) is 18.2 Å². The molecule has 1 aliphatic carbocycles. The van der Waals surface area contributed by atoms with Crippen LogP contribution in [0.5, 0.6) is 11.5 Å². The van der Waals surface area contributed by atoms with E-state index < -0.39 is 6.04 Å². The summed E-state index contributed by atoms with van der Waals surface area (Å²) in [7, 11) is 1.70. The molecule has 35 heavy (non-hydrogen) atoms. The molecule has 3 heterocycles. The van der Waals surface area contributed by atoms with Gasteiger partial charge in [-0.15, -0.1) is 0 Å². The molecule has 1 N–H and O–H groups in total. The first kappa shape index (κ1) is 24.1. The highest BCUT2D eigenvalue weighted by Gasteiger charge is 2.36. The minimum atomic E-state index is -0.438. The van der Waals surface area contributed by atoms with E-state index in [1.165, 1.54) is 25.7 Å². The standard InChI is InChI=1S/C26H38N6O3/c1-19-27-26(29-28-19)23(18-33)32-14-13-31(17-21(32)16-30-11-5-6-12-30)20-9-10-24(34-2)25(15-20)35-22-7-3-4-8-22/h9-10,15,18,21-23H,3-8,11-14,16-17H2,1-2H3,(H,27,28,29)/t21?,23-/m1/s1. The van der Waals surface area contributed by atoms with Gasteiger partial charge in [0, 0.05) is 44.0 Å². The zero-order valence-corrected chi connectivity index (χ0v) is 21.0. The van der Waals surface area contributed by atoms with Crippen molar-refractivity contribution in [2.75, 3.05) is 51.3 Å². The van der Waals surface area contributed by atoms with Crippen molar-refractivity contribution in [1.82, 2.24) is 25.0 Å². The van der Waals surface area contributed by atoms with Crippen LogP contribution in [0.2, 0.25) is 0 Å². The molecule has 0 bridgehead atoms. The molecule has 190 valence electrons. The number of likely N-dealkylation sites (tertiary alicyclic amines) is 1. The highest BCUT2D eigenvalue weighted by molar-refractivity contribution is 5.60. The topological polar surface area (TPSA) is 86.8 Å². The Hall–Kier alpha value is -2.65. The van der Waals surface area contributed by atoms with Crippen molar-refractivity contribution in [1.29, 1.82) is 0 Å². The Morgan fingerprint density at radius 2 is 1.91 bits per heavy atom. The van der Waals surface area contributed by atoms with Gasteiger partial charge in [0.05, 0.1) is 13.2 Å². The van der Waals surface area contributed by atoms with E-state index >= 15 is 0 Å². The van der Waals surface area contributed by atoms with Crippen LogP contribution in [-0.2, 0) is 4.79 Å². The van der Waals surface area contributed by atoms with Crippen LogP contribution < -0.4 is 14.4 Å². The Balaban J connectivity index is 1.37. The number of nitrogens with one attached hydrogen (secondary N) is 1. The van der Waals surface area contributed by atoms with Gasteiger partial charge in [0.1, 0.15) is 18.2 Å². The summed E-state index contributed by atoms with van der Waals surface area (Å²) in [5.41, 5.74) is 1.14. The van der Waals surface area contributed by atoms with Crippen LogP contribution >= 0.6 is 0 Å².